The fourth-order valence-corrected chi connectivity index (χ4v) is 6.82. The summed E-state index contributed by atoms with van der Waals surface area (Å²) in [4.78, 5) is 44.2. The maximum Gasteiger partial charge on any atom is 0.338 e. The molecule has 49 heavy (non-hydrogen) atoms. The van der Waals surface area contributed by atoms with E-state index in [1.54, 1.807) is 62.6 Å². The first-order chi connectivity index (χ1) is 23.7. The lowest BCUT2D eigenvalue weighted by Gasteiger charge is -2.23. The third-order valence-electron chi connectivity index (χ3n) is 7.41. The zero-order chi connectivity index (χ0) is 35.1. The average Bonchev–Trinajstić information content (AvgIpc) is 3.42. The fraction of sp³-hybridized carbons (Fsp3) is 0.278. The number of nitrogens with zero attached hydrogens (tertiary/aromatic N) is 2. The Bertz CT molecular complexity index is 2070. The van der Waals surface area contributed by atoms with Crippen LogP contribution in [0, 0.1) is 3.57 Å². The van der Waals surface area contributed by atoms with E-state index in [2.05, 4.69) is 27.6 Å². The monoisotopic (exact) mass is 798 g/mol. The molecule has 0 amide bonds. The molecule has 0 aliphatic carbocycles. The van der Waals surface area contributed by atoms with E-state index in [4.69, 9.17) is 28.4 Å². The Balaban J connectivity index is 1.58. The van der Waals surface area contributed by atoms with Gasteiger partial charge in [-0.1, -0.05) is 29.5 Å². The van der Waals surface area contributed by atoms with Crippen LogP contribution in [-0.2, 0) is 20.9 Å². The summed E-state index contributed by atoms with van der Waals surface area (Å²) in [6.07, 6.45) is 3.18. The number of benzene rings is 3. The highest BCUT2D eigenvalue weighted by Crippen LogP contribution is 2.36. The maximum absolute atomic E-state index is 14.2. The molecule has 13 heteroatoms. The van der Waals surface area contributed by atoms with Crippen LogP contribution in [0.1, 0.15) is 53.9 Å². The van der Waals surface area contributed by atoms with Crippen molar-refractivity contribution in [2.75, 3.05) is 34.0 Å². The first-order valence-electron chi connectivity index (χ1n) is 15.5. The van der Waals surface area contributed by atoms with Gasteiger partial charge in [0.1, 0.15) is 6.61 Å². The Morgan fingerprint density at radius 2 is 1.63 bits per heavy atom. The summed E-state index contributed by atoms with van der Waals surface area (Å²) < 4.78 is 36.4. The number of aromatic nitrogens is 1. The number of methoxy groups -OCH3 is 2. The summed E-state index contributed by atoms with van der Waals surface area (Å²) in [5.41, 5.74) is 2.34. The van der Waals surface area contributed by atoms with Crippen molar-refractivity contribution in [1.29, 1.82) is 0 Å². The van der Waals surface area contributed by atoms with E-state index in [-0.39, 0.29) is 17.7 Å². The van der Waals surface area contributed by atoms with Crippen molar-refractivity contribution in [1.82, 2.24) is 4.57 Å². The molecule has 1 aliphatic heterocycles. The number of thiazole rings is 1. The predicted molar refractivity (Wildman–Crippen MR) is 192 cm³/mol. The minimum absolute atomic E-state index is 0.171. The highest BCUT2D eigenvalue weighted by Gasteiger charge is 2.31. The van der Waals surface area contributed by atoms with Gasteiger partial charge in [-0.3, -0.25) is 9.36 Å². The van der Waals surface area contributed by atoms with E-state index >= 15 is 0 Å². The van der Waals surface area contributed by atoms with Crippen molar-refractivity contribution in [3.8, 4) is 23.0 Å². The van der Waals surface area contributed by atoms with Gasteiger partial charge in [-0.15, -0.1) is 0 Å². The van der Waals surface area contributed by atoms with Crippen molar-refractivity contribution in [2.24, 2.45) is 4.99 Å². The van der Waals surface area contributed by atoms with Gasteiger partial charge in [0.2, 0.25) is 0 Å². The van der Waals surface area contributed by atoms with E-state index in [1.807, 2.05) is 26.0 Å². The Labute approximate surface area is 300 Å². The molecule has 0 fully saturated rings. The summed E-state index contributed by atoms with van der Waals surface area (Å²) in [6.45, 7) is 6.81. The van der Waals surface area contributed by atoms with E-state index in [1.165, 1.54) is 29.2 Å². The zero-order valence-electron chi connectivity index (χ0n) is 27.6. The SMILES string of the molecule is CCOC(=O)c1ccc(COc2c(/C=c3/sc4n(c3=O)[C@@H](c3ccc(OCC)c(OCC)c3)C(C(=O)OC)=CN=4)cc(I)cc2OC)cc1. The maximum atomic E-state index is 14.2. The second kappa shape index (κ2) is 16.2. The highest BCUT2D eigenvalue weighted by molar-refractivity contribution is 14.1. The number of halogens is 1. The molecular weight excluding hydrogens is 763 g/mol. The van der Waals surface area contributed by atoms with Crippen LogP contribution in [0.5, 0.6) is 23.0 Å². The van der Waals surface area contributed by atoms with Crippen LogP contribution in [0.25, 0.3) is 6.08 Å². The lowest BCUT2D eigenvalue weighted by molar-refractivity contribution is -0.136. The van der Waals surface area contributed by atoms with Gasteiger partial charge in [0.25, 0.3) is 5.56 Å². The molecule has 0 saturated carbocycles. The second-order valence-corrected chi connectivity index (χ2v) is 12.7. The van der Waals surface area contributed by atoms with Gasteiger partial charge >= 0.3 is 11.9 Å². The lowest BCUT2D eigenvalue weighted by Crippen LogP contribution is -2.39. The van der Waals surface area contributed by atoms with Crippen LogP contribution >= 0.6 is 33.9 Å². The number of ether oxygens (including phenoxy) is 6. The van der Waals surface area contributed by atoms with Crippen LogP contribution in [0.2, 0.25) is 0 Å². The molecule has 1 aromatic heterocycles. The van der Waals surface area contributed by atoms with Gasteiger partial charge in [0.05, 0.1) is 55.8 Å². The molecular formula is C36H35IN2O9S. The molecule has 5 rings (SSSR count). The molecule has 0 radical (unpaired) electrons. The van der Waals surface area contributed by atoms with E-state index in [0.29, 0.717) is 68.8 Å². The van der Waals surface area contributed by atoms with Gasteiger partial charge in [0.15, 0.2) is 27.8 Å². The number of esters is 2. The third kappa shape index (κ3) is 7.83. The number of carbonyl (C=O) groups excluding carboxylic acids is 2. The summed E-state index contributed by atoms with van der Waals surface area (Å²) in [6, 6.07) is 15.2. The van der Waals surface area contributed by atoms with Crippen LogP contribution in [0.4, 0.5) is 0 Å². The molecule has 3 aromatic carbocycles. The van der Waals surface area contributed by atoms with Crippen molar-refractivity contribution in [3.05, 3.63) is 112 Å². The molecule has 4 aromatic rings. The Hall–Kier alpha value is -4.63. The van der Waals surface area contributed by atoms with Crippen molar-refractivity contribution in [3.63, 3.8) is 0 Å². The molecule has 0 bridgehead atoms. The van der Waals surface area contributed by atoms with Crippen LogP contribution in [-0.4, -0.2) is 50.5 Å². The molecule has 0 N–H and O–H groups in total. The predicted octanol–water partition coefficient (Wildman–Crippen LogP) is 5.18. The Kier molecular flexibility index (Phi) is 11.8. The molecule has 1 aliphatic rings. The summed E-state index contributed by atoms with van der Waals surface area (Å²) >= 11 is 3.36. The summed E-state index contributed by atoms with van der Waals surface area (Å²) in [5.74, 6) is 0.966. The van der Waals surface area contributed by atoms with E-state index in [9.17, 15) is 14.4 Å². The van der Waals surface area contributed by atoms with Gasteiger partial charge < -0.3 is 28.4 Å². The van der Waals surface area contributed by atoms with E-state index < -0.39 is 18.0 Å². The summed E-state index contributed by atoms with van der Waals surface area (Å²) in [5, 5.41) is 0. The Morgan fingerprint density at radius 1 is 0.898 bits per heavy atom. The second-order valence-electron chi connectivity index (χ2n) is 10.5. The van der Waals surface area contributed by atoms with Gasteiger partial charge in [-0.05, 0) is 97.0 Å². The molecule has 1 atom stereocenters. The quantitative estimate of drug-likeness (QED) is 0.133. The van der Waals surface area contributed by atoms with Crippen molar-refractivity contribution in [2.45, 2.75) is 33.4 Å². The Morgan fingerprint density at radius 3 is 2.31 bits per heavy atom. The lowest BCUT2D eigenvalue weighted by atomic mass is 9.97. The van der Waals surface area contributed by atoms with Gasteiger partial charge in [-0.25, -0.2) is 14.6 Å². The average molecular weight is 799 g/mol. The van der Waals surface area contributed by atoms with Crippen LogP contribution in [0.3, 0.4) is 0 Å². The topological polar surface area (TPSA) is 124 Å². The van der Waals surface area contributed by atoms with Gasteiger partial charge in [-0.2, -0.15) is 0 Å². The first kappa shape index (κ1) is 35.7. The minimum Gasteiger partial charge on any atom is -0.493 e. The molecule has 2 heterocycles. The fourth-order valence-electron chi connectivity index (χ4n) is 5.24. The highest BCUT2D eigenvalue weighted by atomic mass is 127. The van der Waals surface area contributed by atoms with Crippen LogP contribution in [0.15, 0.2) is 76.2 Å². The van der Waals surface area contributed by atoms with Gasteiger partial charge in [0, 0.05) is 15.3 Å². The zero-order valence-corrected chi connectivity index (χ0v) is 30.6. The number of rotatable bonds is 13. The minimum atomic E-state index is -0.834. The molecule has 0 unspecified atom stereocenters. The largest absolute Gasteiger partial charge is 0.493 e. The van der Waals surface area contributed by atoms with Crippen molar-refractivity contribution < 1.29 is 38.0 Å². The third-order valence-corrected chi connectivity index (χ3v) is 9.03. The molecule has 0 spiro atoms. The molecule has 11 nitrogen and oxygen atoms in total. The number of fused-ring (bicyclic) bond motifs is 1. The van der Waals surface area contributed by atoms with Crippen LogP contribution < -0.4 is 33.8 Å². The smallest absolute Gasteiger partial charge is 0.338 e. The first-order valence-corrected chi connectivity index (χ1v) is 17.4. The summed E-state index contributed by atoms with van der Waals surface area (Å²) in [7, 11) is 2.83. The number of hydrogen-bond donors (Lipinski definition) is 0. The van der Waals surface area contributed by atoms with E-state index in [0.717, 1.165) is 9.13 Å². The molecule has 0 saturated heterocycles. The standard InChI is InChI=1S/C36H35IN2O9S/c1-6-45-27-14-13-23(16-28(27)46-7-2)31-26(35(42)44-5)19-38-36-39(31)33(40)30(49-36)17-24-15-25(37)18-29(43-4)32(24)48-20-21-9-11-22(12-10-21)34(41)47-8-3/h9-19,31H,6-8,20H2,1-5H3/b30-17+/t31-/m0/s1. The normalized spacial score (nSPS) is 13.9. The van der Waals surface area contributed by atoms with Crippen molar-refractivity contribution >= 4 is 51.9 Å². The molecule has 256 valence electrons. The number of carbonyl (C=O) groups is 2. The number of hydrogen-bond acceptors (Lipinski definition) is 11.